The number of rotatable bonds is 6. The van der Waals surface area contributed by atoms with Crippen molar-refractivity contribution in [2.24, 2.45) is 0 Å². The van der Waals surface area contributed by atoms with Gasteiger partial charge in [0.05, 0.1) is 6.54 Å². The highest BCUT2D eigenvalue weighted by Gasteiger charge is 2.16. The first-order valence-corrected chi connectivity index (χ1v) is 9.72. The summed E-state index contributed by atoms with van der Waals surface area (Å²) in [4.78, 5) is 17.1. The Balaban J connectivity index is 1.43. The van der Waals surface area contributed by atoms with Crippen molar-refractivity contribution in [2.75, 3.05) is 44.6 Å². The molecule has 2 aromatic rings. The number of carbonyl (C=O) groups excluding carboxylic acids is 1. The van der Waals surface area contributed by atoms with Gasteiger partial charge >= 0.3 is 0 Å². The third-order valence-electron chi connectivity index (χ3n) is 4.94. The molecule has 0 aliphatic carbocycles. The molecule has 1 aliphatic heterocycles. The molecule has 0 radical (unpaired) electrons. The number of para-hydroxylation sites is 1. The van der Waals surface area contributed by atoms with Crippen molar-refractivity contribution in [2.45, 2.75) is 13.3 Å². The normalized spacial score (nSPS) is 16.3. The van der Waals surface area contributed by atoms with Crippen LogP contribution in [0.5, 0.6) is 0 Å². The molecule has 1 heterocycles. The molecular formula is C23H29N3O. The molecule has 0 spiro atoms. The lowest BCUT2D eigenvalue weighted by molar-refractivity contribution is -0.117. The molecular weight excluding hydrogens is 334 g/mol. The molecule has 2 aromatic carbocycles. The summed E-state index contributed by atoms with van der Waals surface area (Å²) in [6, 6.07) is 18.3. The van der Waals surface area contributed by atoms with Crippen LogP contribution in [0.15, 0.2) is 60.7 Å². The molecule has 4 heteroatoms. The monoisotopic (exact) mass is 363 g/mol. The molecule has 142 valence electrons. The molecule has 1 fully saturated rings. The Morgan fingerprint density at radius 3 is 2.48 bits per heavy atom. The molecule has 1 aliphatic rings. The van der Waals surface area contributed by atoms with Gasteiger partial charge in [-0.25, -0.2) is 0 Å². The molecule has 0 unspecified atom stereocenters. The van der Waals surface area contributed by atoms with E-state index in [1.807, 2.05) is 37.3 Å². The highest BCUT2D eigenvalue weighted by molar-refractivity contribution is 5.92. The molecule has 3 rings (SSSR count). The van der Waals surface area contributed by atoms with Crippen LogP contribution in [0.2, 0.25) is 0 Å². The topological polar surface area (TPSA) is 35.6 Å². The lowest BCUT2D eigenvalue weighted by Crippen LogP contribution is -2.36. The Hall–Kier alpha value is -2.43. The second-order valence-corrected chi connectivity index (χ2v) is 7.11. The van der Waals surface area contributed by atoms with Crippen molar-refractivity contribution in [3.8, 4) is 0 Å². The van der Waals surface area contributed by atoms with Crippen LogP contribution in [0.1, 0.15) is 17.5 Å². The van der Waals surface area contributed by atoms with Crippen molar-refractivity contribution >= 4 is 17.7 Å². The van der Waals surface area contributed by atoms with Crippen LogP contribution in [-0.2, 0) is 4.79 Å². The van der Waals surface area contributed by atoms with Crippen LogP contribution in [0.4, 0.5) is 5.69 Å². The lowest BCUT2D eigenvalue weighted by atomic mass is 10.2. The number of amides is 1. The zero-order valence-electron chi connectivity index (χ0n) is 16.1. The number of aryl methyl sites for hydroxylation is 1. The second kappa shape index (κ2) is 10.0. The van der Waals surface area contributed by atoms with Crippen LogP contribution in [-0.4, -0.2) is 55.0 Å². The number of anilines is 1. The molecule has 0 bridgehead atoms. The fraction of sp³-hybridized carbons (Fsp3) is 0.348. The molecule has 0 aromatic heterocycles. The second-order valence-electron chi connectivity index (χ2n) is 7.11. The van der Waals surface area contributed by atoms with E-state index in [-0.39, 0.29) is 5.91 Å². The number of hydrogen-bond donors (Lipinski definition) is 1. The van der Waals surface area contributed by atoms with E-state index in [2.05, 4.69) is 51.5 Å². The van der Waals surface area contributed by atoms with Gasteiger partial charge in [-0.3, -0.25) is 14.6 Å². The summed E-state index contributed by atoms with van der Waals surface area (Å²) in [7, 11) is 0. The first-order chi connectivity index (χ1) is 13.2. The zero-order chi connectivity index (χ0) is 18.9. The van der Waals surface area contributed by atoms with Gasteiger partial charge in [-0.05, 0) is 43.6 Å². The molecule has 4 nitrogen and oxygen atoms in total. The summed E-state index contributed by atoms with van der Waals surface area (Å²) in [5.41, 5.74) is 3.24. The highest BCUT2D eigenvalue weighted by Crippen LogP contribution is 2.13. The number of benzene rings is 2. The van der Waals surface area contributed by atoms with Gasteiger partial charge in [0.25, 0.3) is 0 Å². The van der Waals surface area contributed by atoms with E-state index in [0.717, 1.165) is 50.4 Å². The average Bonchev–Trinajstić information content (AvgIpc) is 2.90. The third-order valence-corrected chi connectivity index (χ3v) is 4.94. The molecule has 1 amide bonds. The Morgan fingerprint density at radius 1 is 0.963 bits per heavy atom. The van der Waals surface area contributed by atoms with Crippen LogP contribution < -0.4 is 5.32 Å². The van der Waals surface area contributed by atoms with Gasteiger partial charge in [-0.15, -0.1) is 0 Å². The van der Waals surface area contributed by atoms with E-state index in [4.69, 9.17) is 0 Å². The van der Waals surface area contributed by atoms with Crippen molar-refractivity contribution in [1.29, 1.82) is 0 Å². The van der Waals surface area contributed by atoms with Gasteiger partial charge < -0.3 is 5.32 Å². The maximum Gasteiger partial charge on any atom is 0.238 e. The maximum absolute atomic E-state index is 12.4. The predicted octanol–water partition coefficient (Wildman–Crippen LogP) is 3.65. The SMILES string of the molecule is Cc1ccccc1NC(=O)CN1CCCN(C/C=C/c2ccccc2)CC1. The molecule has 0 saturated carbocycles. The van der Waals surface area contributed by atoms with Gasteiger partial charge in [0, 0.05) is 25.3 Å². The quantitative estimate of drug-likeness (QED) is 0.851. The van der Waals surface area contributed by atoms with E-state index in [0.29, 0.717) is 6.54 Å². The fourth-order valence-electron chi connectivity index (χ4n) is 3.37. The smallest absolute Gasteiger partial charge is 0.238 e. The van der Waals surface area contributed by atoms with Crippen LogP contribution >= 0.6 is 0 Å². The Morgan fingerprint density at radius 2 is 1.67 bits per heavy atom. The zero-order valence-corrected chi connectivity index (χ0v) is 16.1. The van der Waals surface area contributed by atoms with Gasteiger partial charge in [-0.1, -0.05) is 60.7 Å². The van der Waals surface area contributed by atoms with Crippen molar-refractivity contribution in [3.05, 3.63) is 71.8 Å². The standard InChI is InChI=1S/C23H29N3O/c1-20-9-5-6-13-22(20)24-23(27)19-26-16-8-15-25(17-18-26)14-7-12-21-10-3-2-4-11-21/h2-7,9-13H,8,14-19H2,1H3,(H,24,27)/b12-7+. The minimum Gasteiger partial charge on any atom is -0.325 e. The van der Waals surface area contributed by atoms with Crippen LogP contribution in [0, 0.1) is 6.92 Å². The summed E-state index contributed by atoms with van der Waals surface area (Å²) in [6.45, 7) is 7.41. The van der Waals surface area contributed by atoms with Gasteiger partial charge in [0.15, 0.2) is 0 Å². The molecule has 27 heavy (non-hydrogen) atoms. The molecule has 0 atom stereocenters. The summed E-state index contributed by atoms with van der Waals surface area (Å²) >= 11 is 0. The number of nitrogens with zero attached hydrogens (tertiary/aromatic N) is 2. The van der Waals surface area contributed by atoms with Crippen molar-refractivity contribution < 1.29 is 4.79 Å². The summed E-state index contributed by atoms with van der Waals surface area (Å²) in [6.07, 6.45) is 5.50. The lowest BCUT2D eigenvalue weighted by Gasteiger charge is -2.20. The summed E-state index contributed by atoms with van der Waals surface area (Å²) in [5.74, 6) is 0.0710. The summed E-state index contributed by atoms with van der Waals surface area (Å²) < 4.78 is 0. The van der Waals surface area contributed by atoms with Crippen molar-refractivity contribution in [3.63, 3.8) is 0 Å². The summed E-state index contributed by atoms with van der Waals surface area (Å²) in [5, 5.41) is 3.04. The number of nitrogens with one attached hydrogen (secondary N) is 1. The number of hydrogen-bond acceptors (Lipinski definition) is 3. The van der Waals surface area contributed by atoms with Gasteiger partial charge in [0.2, 0.25) is 5.91 Å². The predicted molar refractivity (Wildman–Crippen MR) is 113 cm³/mol. The van der Waals surface area contributed by atoms with Crippen LogP contribution in [0.25, 0.3) is 6.08 Å². The maximum atomic E-state index is 12.4. The van der Waals surface area contributed by atoms with Gasteiger partial charge in [-0.2, -0.15) is 0 Å². The largest absolute Gasteiger partial charge is 0.325 e. The van der Waals surface area contributed by atoms with E-state index in [1.165, 1.54) is 5.56 Å². The third kappa shape index (κ3) is 6.35. The van der Waals surface area contributed by atoms with E-state index in [9.17, 15) is 4.79 Å². The highest BCUT2D eigenvalue weighted by atomic mass is 16.2. The van der Waals surface area contributed by atoms with Crippen LogP contribution in [0.3, 0.4) is 0 Å². The van der Waals surface area contributed by atoms with Gasteiger partial charge in [0.1, 0.15) is 0 Å². The first-order valence-electron chi connectivity index (χ1n) is 9.72. The fourth-order valence-corrected chi connectivity index (χ4v) is 3.37. The van der Waals surface area contributed by atoms with E-state index >= 15 is 0 Å². The van der Waals surface area contributed by atoms with Crippen molar-refractivity contribution in [1.82, 2.24) is 9.80 Å². The van der Waals surface area contributed by atoms with E-state index < -0.39 is 0 Å². The first kappa shape index (κ1) is 19.3. The Kier molecular flexibility index (Phi) is 7.19. The van der Waals surface area contributed by atoms with E-state index in [1.54, 1.807) is 0 Å². The Labute approximate surface area is 162 Å². The average molecular weight is 364 g/mol. The Bertz CT molecular complexity index is 757. The minimum atomic E-state index is 0.0710. The number of carbonyl (C=O) groups is 1. The molecule has 1 N–H and O–H groups in total. The minimum absolute atomic E-state index is 0.0710. The molecule has 1 saturated heterocycles.